The van der Waals surface area contributed by atoms with E-state index in [4.69, 9.17) is 9.72 Å². The molecule has 0 bridgehead atoms. The lowest BCUT2D eigenvalue weighted by Crippen LogP contribution is -2.30. The van der Waals surface area contributed by atoms with Gasteiger partial charge in [-0.25, -0.2) is 9.37 Å². The van der Waals surface area contributed by atoms with E-state index in [1.165, 1.54) is 23.8 Å². The summed E-state index contributed by atoms with van der Waals surface area (Å²) in [7, 11) is 1.39. The van der Waals surface area contributed by atoms with Gasteiger partial charge in [-0.05, 0) is 56.6 Å². The van der Waals surface area contributed by atoms with Crippen LogP contribution in [0.25, 0.3) is 27.7 Å². The number of hydrogen-bond donors (Lipinski definition) is 1. The number of methoxy groups -OCH3 is 1. The molecule has 0 aliphatic carbocycles. The molecule has 0 saturated carbocycles. The van der Waals surface area contributed by atoms with Crippen LogP contribution >= 0.6 is 0 Å². The van der Waals surface area contributed by atoms with Crippen LogP contribution in [0.4, 0.5) is 4.39 Å². The van der Waals surface area contributed by atoms with Crippen molar-refractivity contribution in [2.75, 3.05) is 13.7 Å². The predicted molar refractivity (Wildman–Crippen MR) is 131 cm³/mol. The third kappa shape index (κ3) is 4.27. The molecule has 1 fully saturated rings. The van der Waals surface area contributed by atoms with Crippen molar-refractivity contribution in [2.45, 2.75) is 32.2 Å². The summed E-state index contributed by atoms with van der Waals surface area (Å²) in [5, 5.41) is 13.4. The number of rotatable bonds is 5. The average Bonchev–Trinajstić information content (AvgIpc) is 3.37. The lowest BCUT2D eigenvalue weighted by atomic mass is 10.00. The normalized spacial score (nSPS) is 15.3. The number of benzene rings is 2. The highest BCUT2D eigenvalue weighted by atomic mass is 19.1. The van der Waals surface area contributed by atoms with Gasteiger partial charge in [-0.15, -0.1) is 0 Å². The van der Waals surface area contributed by atoms with Crippen molar-refractivity contribution in [3.8, 4) is 28.6 Å². The van der Waals surface area contributed by atoms with E-state index in [-0.39, 0.29) is 17.4 Å². The maximum absolute atomic E-state index is 14.6. The van der Waals surface area contributed by atoms with Gasteiger partial charge in [-0.2, -0.15) is 5.26 Å². The van der Waals surface area contributed by atoms with Gasteiger partial charge in [-0.3, -0.25) is 14.3 Å². The third-order valence-corrected chi connectivity index (χ3v) is 6.38. The molecule has 2 aromatic heterocycles. The Bertz CT molecular complexity index is 1520. The predicted octanol–water partition coefficient (Wildman–Crippen LogP) is 4.07. The van der Waals surface area contributed by atoms with E-state index in [9.17, 15) is 14.4 Å². The Morgan fingerprint density at radius 2 is 2.11 bits per heavy atom. The number of fused-ring (bicyclic) bond motifs is 1. The molecule has 1 atom stereocenters. The zero-order valence-corrected chi connectivity index (χ0v) is 19.5. The van der Waals surface area contributed by atoms with Crippen molar-refractivity contribution in [2.24, 2.45) is 0 Å². The number of nitrogens with one attached hydrogen (secondary N) is 1. The number of nitrogens with zero attached hydrogens (tertiary/aromatic N) is 4. The molecule has 0 spiro atoms. The summed E-state index contributed by atoms with van der Waals surface area (Å²) >= 11 is 0. The van der Waals surface area contributed by atoms with Gasteiger partial charge in [0.2, 0.25) is 0 Å². The minimum Gasteiger partial charge on any atom is -0.494 e. The molecule has 176 valence electrons. The summed E-state index contributed by atoms with van der Waals surface area (Å²) in [4.78, 5) is 23.3. The first kappa shape index (κ1) is 22.7. The average molecular weight is 470 g/mol. The van der Waals surface area contributed by atoms with E-state index in [0.29, 0.717) is 40.0 Å². The number of aromatic nitrogens is 3. The van der Waals surface area contributed by atoms with Crippen molar-refractivity contribution in [1.82, 2.24) is 19.9 Å². The van der Waals surface area contributed by atoms with Crippen LogP contribution in [0.3, 0.4) is 0 Å². The summed E-state index contributed by atoms with van der Waals surface area (Å²) in [6.45, 7) is 2.80. The van der Waals surface area contributed by atoms with Crippen LogP contribution in [-0.4, -0.2) is 34.2 Å². The molecule has 3 heterocycles. The molecule has 8 heteroatoms. The Hall–Kier alpha value is -4.09. The van der Waals surface area contributed by atoms with Crippen LogP contribution in [0.15, 0.2) is 53.5 Å². The van der Waals surface area contributed by atoms with E-state index < -0.39 is 5.82 Å². The number of aryl methyl sites for hydroxylation is 1. The first-order valence-electron chi connectivity index (χ1n) is 11.5. The van der Waals surface area contributed by atoms with Crippen molar-refractivity contribution < 1.29 is 9.13 Å². The molecule has 1 N–H and O–H groups in total. The van der Waals surface area contributed by atoms with Crippen molar-refractivity contribution in [3.63, 3.8) is 0 Å². The fourth-order valence-electron chi connectivity index (χ4n) is 4.60. The molecule has 4 aromatic rings. The summed E-state index contributed by atoms with van der Waals surface area (Å²) in [6.07, 6.45) is 4.23. The minimum absolute atomic E-state index is 0.0930. The largest absolute Gasteiger partial charge is 0.494 e. The topological polar surface area (TPSA) is 92.8 Å². The molecule has 1 aliphatic heterocycles. The van der Waals surface area contributed by atoms with E-state index in [2.05, 4.69) is 16.4 Å². The second-order valence-corrected chi connectivity index (χ2v) is 8.70. The first-order chi connectivity index (χ1) is 17.0. The maximum atomic E-state index is 14.6. The van der Waals surface area contributed by atoms with Gasteiger partial charge < -0.3 is 10.1 Å². The van der Waals surface area contributed by atoms with E-state index >= 15 is 0 Å². The molecular weight excluding hydrogens is 445 g/mol. The molecular formula is C27H24FN5O2. The van der Waals surface area contributed by atoms with Crippen molar-refractivity contribution in [1.29, 1.82) is 5.26 Å². The van der Waals surface area contributed by atoms with E-state index in [0.717, 1.165) is 30.6 Å². The Balaban J connectivity index is 1.81. The van der Waals surface area contributed by atoms with Gasteiger partial charge in [0.1, 0.15) is 5.82 Å². The van der Waals surface area contributed by atoms with E-state index in [1.54, 1.807) is 24.4 Å². The zero-order chi connectivity index (χ0) is 24.5. The van der Waals surface area contributed by atoms with Crippen LogP contribution in [0.5, 0.6) is 5.75 Å². The van der Waals surface area contributed by atoms with Gasteiger partial charge in [-0.1, -0.05) is 6.07 Å². The SMILES string of the molecule is COc1ccc(-n2c(C[C@H]3CCCN3)nc3c(-c4ccc(C)nc4)cc(C#N)cc3c2=O)cc1F. The summed E-state index contributed by atoms with van der Waals surface area (Å²) in [6, 6.07) is 13.8. The molecule has 2 aromatic carbocycles. The monoisotopic (exact) mass is 469 g/mol. The van der Waals surface area contributed by atoms with Gasteiger partial charge in [0, 0.05) is 41.5 Å². The van der Waals surface area contributed by atoms with Crippen LogP contribution < -0.4 is 15.6 Å². The molecule has 1 aliphatic rings. The molecule has 7 nitrogen and oxygen atoms in total. The molecule has 0 radical (unpaired) electrons. The zero-order valence-electron chi connectivity index (χ0n) is 19.5. The fraction of sp³-hybridized carbons (Fsp3) is 0.259. The Kier molecular flexibility index (Phi) is 6.01. The van der Waals surface area contributed by atoms with Crippen LogP contribution in [0, 0.1) is 24.1 Å². The minimum atomic E-state index is -0.570. The quantitative estimate of drug-likeness (QED) is 0.474. The number of nitriles is 1. The van der Waals surface area contributed by atoms with Crippen LogP contribution in [-0.2, 0) is 6.42 Å². The summed E-state index contributed by atoms with van der Waals surface area (Å²) in [5.41, 5.74) is 3.13. The number of hydrogen-bond acceptors (Lipinski definition) is 6. The fourth-order valence-corrected chi connectivity index (χ4v) is 4.60. The first-order valence-corrected chi connectivity index (χ1v) is 11.5. The molecule has 1 saturated heterocycles. The van der Waals surface area contributed by atoms with Crippen LogP contribution in [0.1, 0.15) is 29.9 Å². The third-order valence-electron chi connectivity index (χ3n) is 6.38. The highest BCUT2D eigenvalue weighted by Crippen LogP contribution is 2.29. The lowest BCUT2D eigenvalue weighted by molar-refractivity contribution is 0.386. The highest BCUT2D eigenvalue weighted by Gasteiger charge is 2.22. The van der Waals surface area contributed by atoms with Gasteiger partial charge in [0.05, 0.1) is 35.3 Å². The second-order valence-electron chi connectivity index (χ2n) is 8.70. The maximum Gasteiger partial charge on any atom is 0.266 e. The Labute approximate surface area is 201 Å². The molecule has 0 unspecified atom stereocenters. The summed E-state index contributed by atoms with van der Waals surface area (Å²) in [5.74, 6) is 0.0482. The van der Waals surface area contributed by atoms with Crippen molar-refractivity contribution in [3.05, 3.63) is 81.9 Å². The van der Waals surface area contributed by atoms with Crippen molar-refractivity contribution >= 4 is 10.9 Å². The van der Waals surface area contributed by atoms with Gasteiger partial charge in [0.25, 0.3) is 5.56 Å². The second kappa shape index (κ2) is 9.28. The molecule has 0 amide bonds. The molecule has 35 heavy (non-hydrogen) atoms. The standard InChI is InChI=1S/C27H24FN5O2/c1-16-5-6-18(15-31-16)21-10-17(14-29)11-22-26(21)32-25(12-19-4-3-9-30-19)33(27(22)34)20-7-8-24(35-2)23(28)13-20/h5-8,10-11,13,15,19,30H,3-4,9,12H2,1-2H3/t19-/m1/s1. The molecule has 5 rings (SSSR count). The van der Waals surface area contributed by atoms with Gasteiger partial charge in [0.15, 0.2) is 11.6 Å². The van der Waals surface area contributed by atoms with Gasteiger partial charge >= 0.3 is 0 Å². The number of pyridine rings is 1. The van der Waals surface area contributed by atoms with E-state index in [1.807, 2.05) is 19.1 Å². The highest BCUT2D eigenvalue weighted by molar-refractivity contribution is 5.94. The Morgan fingerprint density at radius 1 is 1.26 bits per heavy atom. The smallest absolute Gasteiger partial charge is 0.266 e. The Morgan fingerprint density at radius 3 is 2.77 bits per heavy atom. The van der Waals surface area contributed by atoms with Crippen LogP contribution in [0.2, 0.25) is 0 Å². The number of halogens is 1. The summed E-state index contributed by atoms with van der Waals surface area (Å²) < 4.78 is 21.1. The number of ether oxygens (including phenoxy) is 1. The lowest BCUT2D eigenvalue weighted by Gasteiger charge is -2.18.